The van der Waals surface area contributed by atoms with Crippen LogP contribution in [0.25, 0.3) is 10.2 Å². The first kappa shape index (κ1) is 23.3. The van der Waals surface area contributed by atoms with Crippen LogP contribution in [0.4, 0.5) is 11.4 Å². The Morgan fingerprint density at radius 1 is 1.15 bits per heavy atom. The molecule has 1 amide bonds. The number of benzene rings is 3. The number of thiazole rings is 1. The summed E-state index contributed by atoms with van der Waals surface area (Å²) in [5.41, 5.74) is 2.54. The normalized spacial score (nSPS) is 10.9. The first-order valence-electron chi connectivity index (χ1n) is 9.45. The van der Waals surface area contributed by atoms with E-state index in [-0.39, 0.29) is 11.6 Å². The molecule has 168 valence electrons. The highest BCUT2D eigenvalue weighted by atomic mass is 35.5. The number of amides is 1. The van der Waals surface area contributed by atoms with Gasteiger partial charge in [0.1, 0.15) is 5.75 Å². The second-order valence-corrected chi connectivity index (χ2v) is 9.85. The number of anilines is 1. The lowest BCUT2D eigenvalue weighted by molar-refractivity contribution is -0.384. The van der Waals surface area contributed by atoms with Gasteiger partial charge in [0.05, 0.1) is 32.3 Å². The standard InChI is InChI=1S/C22H15Cl2N3O4S2/c1-31-19-7-4-15(27(29)30)8-13(19)11-32-22-26-18-6-3-14(10-20(18)33-22)25-21(28)12-2-5-16(23)17(24)9-12/h2-10H,11H2,1H3,(H,25,28). The highest BCUT2D eigenvalue weighted by Gasteiger charge is 2.14. The molecule has 4 rings (SSSR count). The van der Waals surface area contributed by atoms with E-state index in [4.69, 9.17) is 27.9 Å². The lowest BCUT2D eigenvalue weighted by atomic mass is 10.2. The zero-order chi connectivity index (χ0) is 23.5. The number of halogens is 2. The number of fused-ring (bicyclic) bond motifs is 1. The number of methoxy groups -OCH3 is 1. The molecule has 0 aliphatic carbocycles. The van der Waals surface area contributed by atoms with Gasteiger partial charge < -0.3 is 10.1 Å². The van der Waals surface area contributed by atoms with Gasteiger partial charge in [-0.2, -0.15) is 0 Å². The molecule has 3 aromatic carbocycles. The molecule has 4 aromatic rings. The third-order valence-corrected chi connectivity index (χ3v) is 7.58. The zero-order valence-electron chi connectivity index (χ0n) is 17.0. The van der Waals surface area contributed by atoms with E-state index >= 15 is 0 Å². The van der Waals surface area contributed by atoms with Gasteiger partial charge in [-0.1, -0.05) is 35.0 Å². The molecule has 0 aliphatic rings. The van der Waals surface area contributed by atoms with Gasteiger partial charge in [0, 0.05) is 34.7 Å². The highest BCUT2D eigenvalue weighted by Crippen LogP contribution is 2.35. The molecule has 0 atom stereocenters. The summed E-state index contributed by atoms with van der Waals surface area (Å²) in [6, 6.07) is 14.7. The molecule has 7 nitrogen and oxygen atoms in total. The number of thioether (sulfide) groups is 1. The van der Waals surface area contributed by atoms with E-state index in [2.05, 4.69) is 10.3 Å². The maximum atomic E-state index is 12.5. The van der Waals surface area contributed by atoms with Crippen LogP contribution in [0.15, 0.2) is 58.9 Å². The van der Waals surface area contributed by atoms with Crippen LogP contribution < -0.4 is 10.1 Å². The number of carbonyl (C=O) groups is 1. The van der Waals surface area contributed by atoms with Crippen LogP contribution in [0.5, 0.6) is 5.75 Å². The number of ether oxygens (including phenoxy) is 1. The van der Waals surface area contributed by atoms with Gasteiger partial charge in [-0.15, -0.1) is 11.3 Å². The smallest absolute Gasteiger partial charge is 0.270 e. The molecule has 11 heteroatoms. The highest BCUT2D eigenvalue weighted by molar-refractivity contribution is 8.00. The van der Waals surface area contributed by atoms with Gasteiger partial charge in [0.25, 0.3) is 11.6 Å². The van der Waals surface area contributed by atoms with Gasteiger partial charge in [-0.3, -0.25) is 14.9 Å². The van der Waals surface area contributed by atoms with Crippen molar-refractivity contribution in [2.75, 3.05) is 12.4 Å². The summed E-state index contributed by atoms with van der Waals surface area (Å²) in [6.07, 6.45) is 0. The van der Waals surface area contributed by atoms with Crippen LogP contribution in [0.3, 0.4) is 0 Å². The number of rotatable bonds is 7. The lowest BCUT2D eigenvalue weighted by Crippen LogP contribution is -2.11. The molecule has 0 radical (unpaired) electrons. The van der Waals surface area contributed by atoms with E-state index in [0.29, 0.717) is 38.4 Å². The van der Waals surface area contributed by atoms with Crippen molar-refractivity contribution >= 4 is 73.8 Å². The maximum absolute atomic E-state index is 12.5. The number of non-ortho nitro benzene ring substituents is 1. The summed E-state index contributed by atoms with van der Waals surface area (Å²) in [5, 5.41) is 14.6. The van der Waals surface area contributed by atoms with Gasteiger partial charge in [-0.25, -0.2) is 4.98 Å². The van der Waals surface area contributed by atoms with Crippen LogP contribution in [-0.4, -0.2) is 22.9 Å². The predicted molar refractivity (Wildman–Crippen MR) is 133 cm³/mol. The minimum Gasteiger partial charge on any atom is -0.496 e. The first-order valence-corrected chi connectivity index (χ1v) is 12.0. The molecule has 0 aliphatic heterocycles. The van der Waals surface area contributed by atoms with Crippen molar-refractivity contribution in [1.82, 2.24) is 4.98 Å². The van der Waals surface area contributed by atoms with Gasteiger partial charge in [0.15, 0.2) is 4.34 Å². The number of nitrogens with one attached hydrogen (secondary N) is 1. The van der Waals surface area contributed by atoms with Gasteiger partial charge in [0.2, 0.25) is 0 Å². The van der Waals surface area contributed by atoms with Crippen LogP contribution in [0, 0.1) is 10.1 Å². The van der Waals surface area contributed by atoms with Gasteiger partial charge in [-0.05, 0) is 42.5 Å². The average Bonchev–Trinajstić information content (AvgIpc) is 3.21. The van der Waals surface area contributed by atoms with Crippen molar-refractivity contribution in [3.63, 3.8) is 0 Å². The first-order chi connectivity index (χ1) is 15.8. The Balaban J connectivity index is 1.49. The fourth-order valence-electron chi connectivity index (χ4n) is 3.01. The Hall–Kier alpha value is -2.85. The molecule has 0 fully saturated rings. The summed E-state index contributed by atoms with van der Waals surface area (Å²) in [6.45, 7) is 0. The van der Waals surface area contributed by atoms with Gasteiger partial charge >= 0.3 is 0 Å². The molecule has 0 spiro atoms. The Morgan fingerprint density at radius 2 is 1.97 bits per heavy atom. The molecule has 0 unspecified atom stereocenters. The second-order valence-electron chi connectivity index (χ2n) is 6.79. The Labute approximate surface area is 206 Å². The summed E-state index contributed by atoms with van der Waals surface area (Å²) in [7, 11) is 1.53. The third kappa shape index (κ3) is 5.39. The fourth-order valence-corrected chi connectivity index (χ4v) is 5.40. The molecule has 1 N–H and O–H groups in total. The van der Waals surface area contributed by atoms with Crippen LogP contribution in [0.2, 0.25) is 10.0 Å². The summed E-state index contributed by atoms with van der Waals surface area (Å²) in [4.78, 5) is 27.8. The number of hydrogen-bond donors (Lipinski definition) is 1. The molecule has 0 bridgehead atoms. The van der Waals surface area contributed by atoms with E-state index in [1.165, 1.54) is 48.4 Å². The number of hydrogen-bond acceptors (Lipinski definition) is 7. The number of nitrogens with zero attached hydrogens (tertiary/aromatic N) is 2. The van der Waals surface area contributed by atoms with E-state index in [1.54, 1.807) is 24.3 Å². The van der Waals surface area contributed by atoms with E-state index in [0.717, 1.165) is 14.6 Å². The summed E-state index contributed by atoms with van der Waals surface area (Å²) < 4.78 is 7.02. The molecule has 33 heavy (non-hydrogen) atoms. The van der Waals surface area contributed by atoms with Crippen molar-refractivity contribution < 1.29 is 14.5 Å². The number of aromatic nitrogens is 1. The van der Waals surface area contributed by atoms with Crippen LogP contribution >= 0.6 is 46.3 Å². The van der Waals surface area contributed by atoms with Crippen LogP contribution in [0.1, 0.15) is 15.9 Å². The van der Waals surface area contributed by atoms with E-state index in [1.807, 2.05) is 12.1 Å². The van der Waals surface area contributed by atoms with Crippen LogP contribution in [-0.2, 0) is 5.75 Å². The molecule has 0 saturated carbocycles. The molecule has 1 aromatic heterocycles. The Kier molecular flexibility index (Phi) is 7.04. The Bertz CT molecular complexity index is 1380. The quantitative estimate of drug-likeness (QED) is 0.159. The van der Waals surface area contributed by atoms with Crippen molar-refractivity contribution in [2.45, 2.75) is 10.1 Å². The van der Waals surface area contributed by atoms with Crippen molar-refractivity contribution in [2.24, 2.45) is 0 Å². The van der Waals surface area contributed by atoms with Crippen molar-refractivity contribution in [3.8, 4) is 5.75 Å². The second kappa shape index (κ2) is 9.96. The minimum atomic E-state index is -0.431. The molecular formula is C22H15Cl2N3O4S2. The summed E-state index contributed by atoms with van der Waals surface area (Å²) >= 11 is 14.8. The summed E-state index contributed by atoms with van der Waals surface area (Å²) in [5.74, 6) is 0.748. The van der Waals surface area contributed by atoms with E-state index < -0.39 is 4.92 Å². The van der Waals surface area contributed by atoms with Crippen molar-refractivity contribution in [1.29, 1.82) is 0 Å². The third-order valence-electron chi connectivity index (χ3n) is 4.63. The minimum absolute atomic E-state index is 0.0121. The predicted octanol–water partition coefficient (Wildman–Crippen LogP) is 7.06. The SMILES string of the molecule is COc1ccc([N+](=O)[O-])cc1CSc1nc2ccc(NC(=O)c3ccc(Cl)c(Cl)c3)cc2s1. The maximum Gasteiger partial charge on any atom is 0.270 e. The molecule has 1 heterocycles. The zero-order valence-corrected chi connectivity index (χ0v) is 20.1. The largest absolute Gasteiger partial charge is 0.496 e. The van der Waals surface area contributed by atoms with Crippen molar-refractivity contribution in [3.05, 3.63) is 85.9 Å². The Morgan fingerprint density at radius 3 is 2.70 bits per heavy atom. The van der Waals surface area contributed by atoms with E-state index in [9.17, 15) is 14.9 Å². The number of nitro groups is 1. The number of nitro benzene ring substituents is 1. The monoisotopic (exact) mass is 519 g/mol. The fraction of sp³-hybridized carbons (Fsp3) is 0.0909. The molecular weight excluding hydrogens is 505 g/mol. The average molecular weight is 520 g/mol. The molecule has 0 saturated heterocycles. The number of carbonyl (C=O) groups excluding carboxylic acids is 1. The lowest BCUT2D eigenvalue weighted by Gasteiger charge is -2.06. The topological polar surface area (TPSA) is 94.4 Å².